The highest BCUT2D eigenvalue weighted by Gasteiger charge is 2.19. The van der Waals surface area contributed by atoms with Gasteiger partial charge in [-0.2, -0.15) is 5.10 Å². The van der Waals surface area contributed by atoms with Crippen LogP contribution in [0.3, 0.4) is 0 Å². The monoisotopic (exact) mass is 482 g/mol. The molecule has 0 aliphatic carbocycles. The number of nitrogens with zero attached hydrogens (tertiary/aromatic N) is 5. The van der Waals surface area contributed by atoms with Crippen molar-refractivity contribution in [1.29, 1.82) is 0 Å². The number of halogens is 1. The average Bonchev–Trinajstić information content (AvgIpc) is 3.39. The summed E-state index contributed by atoms with van der Waals surface area (Å²) in [5, 5.41) is 17.4. The molecule has 10 heteroatoms. The Bertz CT molecular complexity index is 1290. The lowest BCUT2D eigenvalue weighted by atomic mass is 10.1. The van der Waals surface area contributed by atoms with E-state index in [9.17, 15) is 4.79 Å². The van der Waals surface area contributed by atoms with Gasteiger partial charge in [-0.1, -0.05) is 53.7 Å². The van der Waals surface area contributed by atoms with Gasteiger partial charge in [0.25, 0.3) is 0 Å². The van der Waals surface area contributed by atoms with Crippen LogP contribution in [-0.4, -0.2) is 43.3 Å². The highest BCUT2D eigenvalue weighted by molar-refractivity contribution is 7.99. The summed E-state index contributed by atoms with van der Waals surface area (Å²) in [5.74, 6) is 1.52. The third kappa shape index (κ3) is 5.20. The molecule has 0 saturated heterocycles. The number of thioether (sulfide) groups is 1. The number of carbonyl (C=O) groups excluding carboxylic acids is 1. The zero-order valence-corrected chi connectivity index (χ0v) is 20.0. The van der Waals surface area contributed by atoms with Crippen LogP contribution in [0.4, 0.5) is 0 Å². The van der Waals surface area contributed by atoms with Gasteiger partial charge in [0.05, 0.1) is 18.4 Å². The molecular weight excluding hydrogens is 460 g/mol. The smallest absolute Gasteiger partial charge is 0.230 e. The number of ether oxygens (including phenoxy) is 1. The first-order valence-corrected chi connectivity index (χ1v) is 11.5. The molecule has 1 amide bonds. The molecule has 2 heterocycles. The summed E-state index contributed by atoms with van der Waals surface area (Å²) in [5.41, 5.74) is 3.41. The standard InChI is InChI=1S/C23H23ClN6O2S/c1-29-13-18(21(28-29)15-8-6-9-17(11-15)32-3)22-26-27-23(30(22)2)33-14-20(31)25-12-16-7-4-5-10-19(16)24/h4-11,13H,12,14H2,1-3H3,(H,25,31). The maximum absolute atomic E-state index is 12.3. The van der Waals surface area contributed by atoms with Crippen LogP contribution < -0.4 is 10.1 Å². The molecule has 4 aromatic rings. The zero-order valence-electron chi connectivity index (χ0n) is 18.4. The molecule has 2 aromatic carbocycles. The van der Waals surface area contributed by atoms with E-state index >= 15 is 0 Å². The van der Waals surface area contributed by atoms with E-state index in [4.69, 9.17) is 16.3 Å². The van der Waals surface area contributed by atoms with E-state index in [0.717, 1.165) is 28.1 Å². The maximum atomic E-state index is 12.3. The second-order valence-corrected chi connectivity index (χ2v) is 8.67. The Labute approximate surface area is 200 Å². The first kappa shape index (κ1) is 22.9. The highest BCUT2D eigenvalue weighted by atomic mass is 35.5. The van der Waals surface area contributed by atoms with Gasteiger partial charge in [-0.25, -0.2) is 0 Å². The molecule has 0 spiro atoms. The number of hydrogen-bond acceptors (Lipinski definition) is 6. The molecule has 2 aromatic heterocycles. The van der Waals surface area contributed by atoms with E-state index < -0.39 is 0 Å². The Hall–Kier alpha value is -3.30. The molecule has 0 aliphatic rings. The number of amides is 1. The summed E-state index contributed by atoms with van der Waals surface area (Å²) in [6, 6.07) is 15.2. The number of benzene rings is 2. The summed E-state index contributed by atoms with van der Waals surface area (Å²) in [6.07, 6.45) is 1.91. The van der Waals surface area contributed by atoms with Crippen molar-refractivity contribution in [1.82, 2.24) is 29.9 Å². The molecular formula is C23H23ClN6O2S. The zero-order chi connectivity index (χ0) is 23.4. The van der Waals surface area contributed by atoms with Gasteiger partial charge in [-0.05, 0) is 23.8 Å². The molecule has 0 fully saturated rings. The van der Waals surface area contributed by atoms with Gasteiger partial charge in [0.15, 0.2) is 11.0 Å². The number of carbonyl (C=O) groups is 1. The Balaban J connectivity index is 1.47. The second kappa shape index (κ2) is 10.1. The van der Waals surface area contributed by atoms with E-state index in [1.165, 1.54) is 11.8 Å². The normalized spacial score (nSPS) is 10.9. The van der Waals surface area contributed by atoms with Crippen molar-refractivity contribution in [3.63, 3.8) is 0 Å². The van der Waals surface area contributed by atoms with Gasteiger partial charge in [0.2, 0.25) is 5.91 Å². The van der Waals surface area contributed by atoms with Gasteiger partial charge < -0.3 is 14.6 Å². The number of aryl methyl sites for hydroxylation is 1. The van der Waals surface area contributed by atoms with Crippen LogP contribution in [0.1, 0.15) is 5.56 Å². The number of rotatable bonds is 8. The van der Waals surface area contributed by atoms with Gasteiger partial charge in [0.1, 0.15) is 11.4 Å². The third-order valence-corrected chi connectivity index (χ3v) is 6.40. The summed E-state index contributed by atoms with van der Waals surface area (Å²) in [7, 11) is 5.37. The molecule has 0 unspecified atom stereocenters. The summed E-state index contributed by atoms with van der Waals surface area (Å²) < 4.78 is 8.96. The van der Waals surface area contributed by atoms with E-state index in [1.54, 1.807) is 17.9 Å². The molecule has 0 atom stereocenters. The Morgan fingerprint density at radius 2 is 1.97 bits per heavy atom. The SMILES string of the molecule is COc1cccc(-c2nn(C)cc2-c2nnc(SCC(=O)NCc3ccccc3Cl)n2C)c1. The predicted molar refractivity (Wildman–Crippen MR) is 129 cm³/mol. The fourth-order valence-corrected chi connectivity index (χ4v) is 4.27. The van der Waals surface area contributed by atoms with Crippen LogP contribution in [0.25, 0.3) is 22.6 Å². The van der Waals surface area contributed by atoms with E-state index in [2.05, 4.69) is 20.6 Å². The van der Waals surface area contributed by atoms with Crippen LogP contribution in [0.15, 0.2) is 59.9 Å². The van der Waals surface area contributed by atoms with Crippen LogP contribution >= 0.6 is 23.4 Å². The molecule has 0 saturated carbocycles. The lowest BCUT2D eigenvalue weighted by Gasteiger charge is -2.07. The largest absolute Gasteiger partial charge is 0.497 e. The van der Waals surface area contributed by atoms with Crippen molar-refractivity contribution < 1.29 is 9.53 Å². The number of nitrogens with one attached hydrogen (secondary N) is 1. The Morgan fingerprint density at radius 3 is 2.76 bits per heavy atom. The van der Waals surface area contributed by atoms with Gasteiger partial charge in [0, 0.05) is 37.4 Å². The Morgan fingerprint density at radius 1 is 1.15 bits per heavy atom. The lowest BCUT2D eigenvalue weighted by molar-refractivity contribution is -0.118. The van der Waals surface area contributed by atoms with Crippen molar-refractivity contribution in [3.8, 4) is 28.4 Å². The summed E-state index contributed by atoms with van der Waals surface area (Å²) in [6.45, 7) is 0.378. The number of hydrogen-bond donors (Lipinski definition) is 1. The van der Waals surface area contributed by atoms with Gasteiger partial charge in [-0.3, -0.25) is 9.48 Å². The molecule has 0 bridgehead atoms. The first-order valence-electron chi connectivity index (χ1n) is 10.2. The molecule has 8 nitrogen and oxygen atoms in total. The Kier molecular flexibility index (Phi) is 7.00. The summed E-state index contributed by atoms with van der Waals surface area (Å²) in [4.78, 5) is 12.3. The van der Waals surface area contributed by atoms with Crippen molar-refractivity contribution in [2.75, 3.05) is 12.9 Å². The molecule has 33 heavy (non-hydrogen) atoms. The summed E-state index contributed by atoms with van der Waals surface area (Å²) >= 11 is 7.47. The minimum atomic E-state index is -0.108. The molecule has 0 radical (unpaired) electrons. The minimum absolute atomic E-state index is 0.108. The maximum Gasteiger partial charge on any atom is 0.230 e. The van der Waals surface area contributed by atoms with Crippen LogP contribution in [0.2, 0.25) is 5.02 Å². The topological polar surface area (TPSA) is 86.9 Å². The number of aromatic nitrogens is 5. The quantitative estimate of drug-likeness (QED) is 0.383. The fraction of sp³-hybridized carbons (Fsp3) is 0.217. The first-order chi connectivity index (χ1) is 16.0. The average molecular weight is 483 g/mol. The predicted octanol–water partition coefficient (Wildman–Crippen LogP) is 3.95. The van der Waals surface area contributed by atoms with Crippen LogP contribution in [0, 0.1) is 0 Å². The number of methoxy groups -OCH3 is 1. The van der Waals surface area contributed by atoms with Crippen LogP contribution in [0.5, 0.6) is 5.75 Å². The fourth-order valence-electron chi connectivity index (χ4n) is 3.33. The van der Waals surface area contributed by atoms with Crippen molar-refractivity contribution in [2.45, 2.75) is 11.7 Å². The van der Waals surface area contributed by atoms with Crippen molar-refractivity contribution in [2.24, 2.45) is 14.1 Å². The highest BCUT2D eigenvalue weighted by Crippen LogP contribution is 2.32. The molecule has 4 rings (SSSR count). The van der Waals surface area contributed by atoms with Gasteiger partial charge in [-0.15, -0.1) is 10.2 Å². The molecule has 0 aliphatic heterocycles. The minimum Gasteiger partial charge on any atom is -0.497 e. The van der Waals surface area contributed by atoms with Crippen molar-refractivity contribution >= 4 is 29.3 Å². The van der Waals surface area contributed by atoms with E-state index in [1.807, 2.05) is 67.3 Å². The molecule has 170 valence electrons. The van der Waals surface area contributed by atoms with Crippen molar-refractivity contribution in [3.05, 3.63) is 65.3 Å². The third-order valence-electron chi connectivity index (χ3n) is 5.01. The van der Waals surface area contributed by atoms with Crippen LogP contribution in [-0.2, 0) is 25.4 Å². The van der Waals surface area contributed by atoms with E-state index in [0.29, 0.717) is 22.5 Å². The van der Waals surface area contributed by atoms with Gasteiger partial charge >= 0.3 is 0 Å². The van der Waals surface area contributed by atoms with E-state index in [-0.39, 0.29) is 11.7 Å². The second-order valence-electron chi connectivity index (χ2n) is 7.32. The molecule has 1 N–H and O–H groups in total. The lowest BCUT2D eigenvalue weighted by Crippen LogP contribution is -2.24.